The predicted octanol–water partition coefficient (Wildman–Crippen LogP) is 4.54. The Morgan fingerprint density at radius 2 is 1.73 bits per heavy atom. The Balaban J connectivity index is 2.28. The number of nitrogens with zero attached hydrogens (tertiary/aromatic N) is 4. The summed E-state index contributed by atoms with van der Waals surface area (Å²) < 4.78 is 0. The highest BCUT2D eigenvalue weighted by atomic mass is 14.9. The third-order valence-electron chi connectivity index (χ3n) is 3.40. The molecule has 0 atom stereocenters. The van der Waals surface area contributed by atoms with E-state index in [1.165, 1.54) is 0 Å². The van der Waals surface area contributed by atoms with Crippen LogP contribution in [0.2, 0.25) is 0 Å². The first-order valence-corrected chi connectivity index (χ1v) is 7.10. The molecular formula is C18H16N4. The molecule has 4 heteroatoms. The van der Waals surface area contributed by atoms with Gasteiger partial charge in [-0.05, 0) is 17.7 Å². The van der Waals surface area contributed by atoms with Crippen molar-refractivity contribution in [1.29, 1.82) is 0 Å². The van der Waals surface area contributed by atoms with Gasteiger partial charge in [-0.3, -0.25) is 4.98 Å². The zero-order valence-corrected chi connectivity index (χ0v) is 12.8. The maximum atomic E-state index is 7.05. The minimum Gasteiger partial charge on any atom is -0.252 e. The van der Waals surface area contributed by atoms with Gasteiger partial charge in [-0.15, -0.1) is 0 Å². The number of rotatable bonds is 1. The van der Waals surface area contributed by atoms with Gasteiger partial charge in [0, 0.05) is 11.6 Å². The molecule has 0 fully saturated rings. The van der Waals surface area contributed by atoms with Gasteiger partial charge in [0.1, 0.15) is 17.0 Å². The van der Waals surface area contributed by atoms with Gasteiger partial charge in [-0.2, -0.15) is 0 Å². The first-order chi connectivity index (χ1) is 10.5. The average Bonchev–Trinajstić information content (AvgIpc) is 2.53. The monoisotopic (exact) mass is 288 g/mol. The van der Waals surface area contributed by atoms with E-state index in [1.54, 1.807) is 18.3 Å². The molecule has 22 heavy (non-hydrogen) atoms. The van der Waals surface area contributed by atoms with E-state index in [2.05, 4.69) is 35.6 Å². The molecule has 0 aliphatic rings. The minimum absolute atomic E-state index is 0.144. The van der Waals surface area contributed by atoms with Crippen LogP contribution in [0.15, 0.2) is 42.6 Å². The number of aromatic nitrogens is 3. The summed E-state index contributed by atoms with van der Waals surface area (Å²) in [5.74, 6) is 0.789. The summed E-state index contributed by atoms with van der Waals surface area (Å²) in [5, 5.41) is 0. The summed E-state index contributed by atoms with van der Waals surface area (Å²) in [5.41, 5.74) is 3.86. The fraction of sp³-hybridized carbons (Fsp3) is 0.222. The minimum atomic E-state index is -0.144. The number of hydrogen-bond acceptors (Lipinski definition) is 3. The molecule has 2 heterocycles. The molecule has 0 radical (unpaired) electrons. The second-order valence-electron chi connectivity index (χ2n) is 6.18. The lowest BCUT2D eigenvalue weighted by atomic mass is 9.95. The number of benzene rings is 1. The van der Waals surface area contributed by atoms with Crippen LogP contribution in [0, 0.1) is 6.57 Å². The highest BCUT2D eigenvalue weighted by Gasteiger charge is 2.20. The fourth-order valence-electron chi connectivity index (χ4n) is 2.20. The van der Waals surface area contributed by atoms with E-state index < -0.39 is 0 Å². The van der Waals surface area contributed by atoms with Crippen molar-refractivity contribution >= 4 is 16.7 Å². The number of fused-ring (bicyclic) bond motifs is 1. The van der Waals surface area contributed by atoms with Crippen LogP contribution in [0.3, 0.4) is 0 Å². The molecular weight excluding hydrogens is 272 g/mol. The van der Waals surface area contributed by atoms with Crippen LogP contribution in [0.4, 0.5) is 5.69 Å². The molecule has 4 nitrogen and oxygen atoms in total. The van der Waals surface area contributed by atoms with Crippen molar-refractivity contribution in [2.24, 2.45) is 0 Å². The molecule has 3 aromatic rings. The number of hydrogen-bond donors (Lipinski definition) is 0. The molecule has 3 rings (SSSR count). The van der Waals surface area contributed by atoms with Crippen LogP contribution in [-0.2, 0) is 5.41 Å². The SMILES string of the molecule is [C-]#[N+]c1ccc(-c2nc(C(C)(C)C)nc3cccnc23)cc1. The van der Waals surface area contributed by atoms with Crippen molar-refractivity contribution in [3.63, 3.8) is 0 Å². The molecule has 1 aromatic carbocycles. The molecule has 0 N–H and O–H groups in total. The molecule has 0 amide bonds. The molecule has 0 bridgehead atoms. The van der Waals surface area contributed by atoms with E-state index in [0.717, 1.165) is 28.1 Å². The third-order valence-corrected chi connectivity index (χ3v) is 3.40. The second-order valence-corrected chi connectivity index (χ2v) is 6.18. The van der Waals surface area contributed by atoms with Crippen molar-refractivity contribution < 1.29 is 0 Å². The van der Waals surface area contributed by atoms with E-state index in [4.69, 9.17) is 11.6 Å². The molecule has 0 spiro atoms. The van der Waals surface area contributed by atoms with Crippen molar-refractivity contribution in [2.45, 2.75) is 26.2 Å². The van der Waals surface area contributed by atoms with Gasteiger partial charge in [0.2, 0.25) is 0 Å². The van der Waals surface area contributed by atoms with Gasteiger partial charge in [0.15, 0.2) is 5.69 Å². The Labute approximate surface area is 129 Å². The van der Waals surface area contributed by atoms with E-state index in [9.17, 15) is 0 Å². The van der Waals surface area contributed by atoms with Crippen molar-refractivity contribution in [1.82, 2.24) is 15.0 Å². The lowest BCUT2D eigenvalue weighted by Gasteiger charge is -2.18. The first kappa shape index (κ1) is 14.2. The van der Waals surface area contributed by atoms with E-state index in [1.807, 2.05) is 24.3 Å². The normalized spacial score (nSPS) is 11.4. The lowest BCUT2D eigenvalue weighted by molar-refractivity contribution is 0.549. The summed E-state index contributed by atoms with van der Waals surface area (Å²) >= 11 is 0. The highest BCUT2D eigenvalue weighted by Crippen LogP contribution is 2.29. The lowest BCUT2D eigenvalue weighted by Crippen LogP contribution is -2.16. The van der Waals surface area contributed by atoms with E-state index in [-0.39, 0.29) is 5.41 Å². The Bertz CT molecular complexity index is 868. The van der Waals surface area contributed by atoms with E-state index in [0.29, 0.717) is 5.69 Å². The molecule has 0 aliphatic heterocycles. The molecule has 0 aliphatic carbocycles. The Morgan fingerprint density at radius 3 is 2.36 bits per heavy atom. The van der Waals surface area contributed by atoms with Crippen LogP contribution in [0.1, 0.15) is 26.6 Å². The van der Waals surface area contributed by atoms with E-state index >= 15 is 0 Å². The Kier molecular flexibility index (Phi) is 3.34. The van der Waals surface area contributed by atoms with Crippen LogP contribution < -0.4 is 0 Å². The van der Waals surface area contributed by atoms with Crippen LogP contribution in [0.25, 0.3) is 27.1 Å². The van der Waals surface area contributed by atoms with Gasteiger partial charge < -0.3 is 0 Å². The molecule has 108 valence electrons. The number of pyridine rings is 1. The summed E-state index contributed by atoms with van der Waals surface area (Å²) in [6, 6.07) is 11.3. The summed E-state index contributed by atoms with van der Waals surface area (Å²) in [6.07, 6.45) is 1.75. The van der Waals surface area contributed by atoms with Crippen molar-refractivity contribution in [3.8, 4) is 11.3 Å². The van der Waals surface area contributed by atoms with Gasteiger partial charge in [0.25, 0.3) is 0 Å². The average molecular weight is 288 g/mol. The first-order valence-electron chi connectivity index (χ1n) is 7.10. The predicted molar refractivity (Wildman–Crippen MR) is 87.7 cm³/mol. The van der Waals surface area contributed by atoms with Crippen LogP contribution in [-0.4, -0.2) is 15.0 Å². The summed E-state index contributed by atoms with van der Waals surface area (Å²) in [4.78, 5) is 17.3. The summed E-state index contributed by atoms with van der Waals surface area (Å²) in [7, 11) is 0. The van der Waals surface area contributed by atoms with Crippen molar-refractivity contribution in [3.05, 3.63) is 59.8 Å². The largest absolute Gasteiger partial charge is 0.252 e. The van der Waals surface area contributed by atoms with Gasteiger partial charge in [-0.25, -0.2) is 14.8 Å². The Morgan fingerprint density at radius 1 is 1.00 bits per heavy atom. The standard InChI is InChI=1S/C18H16N4/c1-18(2,3)17-21-14-6-5-11-20-16(14)15(22-17)12-7-9-13(19-4)10-8-12/h5-11H,1-3H3. The maximum absolute atomic E-state index is 7.05. The topological polar surface area (TPSA) is 43.0 Å². The second kappa shape index (κ2) is 5.19. The highest BCUT2D eigenvalue weighted by molar-refractivity contribution is 5.89. The van der Waals surface area contributed by atoms with Crippen LogP contribution in [0.5, 0.6) is 0 Å². The third kappa shape index (κ3) is 2.53. The summed E-state index contributed by atoms with van der Waals surface area (Å²) in [6.45, 7) is 13.3. The van der Waals surface area contributed by atoms with Crippen LogP contribution >= 0.6 is 0 Å². The smallest absolute Gasteiger partial charge is 0.187 e. The zero-order chi connectivity index (χ0) is 15.7. The quantitative estimate of drug-likeness (QED) is 0.617. The van der Waals surface area contributed by atoms with Crippen molar-refractivity contribution in [2.75, 3.05) is 0 Å². The van der Waals surface area contributed by atoms with Gasteiger partial charge in [0.05, 0.1) is 12.1 Å². The van der Waals surface area contributed by atoms with Gasteiger partial charge in [-0.1, -0.05) is 45.0 Å². The molecule has 2 aromatic heterocycles. The fourth-order valence-corrected chi connectivity index (χ4v) is 2.20. The zero-order valence-electron chi connectivity index (χ0n) is 12.8. The van der Waals surface area contributed by atoms with Gasteiger partial charge >= 0.3 is 0 Å². The molecule has 0 unspecified atom stereocenters. The molecule has 0 saturated heterocycles. The molecule has 0 saturated carbocycles. The maximum Gasteiger partial charge on any atom is 0.187 e. The Hall–Kier alpha value is -2.80.